The Morgan fingerprint density at radius 2 is 1.75 bits per heavy atom. The highest BCUT2D eigenvalue weighted by Crippen LogP contribution is 2.42. The number of nitrogens with zero attached hydrogens (tertiary/aromatic N) is 5. The number of hydrogen-bond donors (Lipinski definition) is 2. The van der Waals surface area contributed by atoms with Crippen molar-refractivity contribution in [2.75, 3.05) is 57.4 Å². The Kier molecular flexibility index (Phi) is 7.50. The van der Waals surface area contributed by atoms with Gasteiger partial charge in [-0.3, -0.25) is 10.1 Å². The fraction of sp³-hybridized carbons (Fsp3) is 0.483. The number of phenolic OH excluding ortho intramolecular Hbond substituents is 1. The number of quaternary nitrogens is 1. The zero-order valence-electron chi connectivity index (χ0n) is 22.4. The number of aromatic nitrogens is 2. The molecule has 1 unspecified atom stereocenters. The number of piperazine rings is 1. The molecule has 0 saturated carbocycles. The lowest BCUT2D eigenvalue weighted by molar-refractivity contribution is -0.918. The number of rotatable bonds is 3. The molecule has 11 heteroatoms. The largest absolute Gasteiger partial charge is 0.507 e. The SMILES string of the molecule is O=C(C1C[N+]2(CCCCCCC2)CN1)N1CCN(c2ncnc3c(F)c(-c4c(O)cccc4F)c(Cl)cc23)CC1. The van der Waals surface area contributed by atoms with Crippen LogP contribution in [0.3, 0.4) is 0 Å². The number of carbonyl (C=O) groups excluding carboxylic acids is 1. The molecule has 0 radical (unpaired) electrons. The Morgan fingerprint density at radius 1 is 1.02 bits per heavy atom. The van der Waals surface area contributed by atoms with Crippen LogP contribution in [-0.2, 0) is 4.79 Å². The van der Waals surface area contributed by atoms with Gasteiger partial charge in [0.2, 0.25) is 5.91 Å². The summed E-state index contributed by atoms with van der Waals surface area (Å²) >= 11 is 6.46. The van der Waals surface area contributed by atoms with Crippen LogP contribution >= 0.6 is 11.6 Å². The van der Waals surface area contributed by atoms with Gasteiger partial charge in [-0.25, -0.2) is 18.7 Å². The van der Waals surface area contributed by atoms with E-state index in [0.717, 1.165) is 36.9 Å². The highest BCUT2D eigenvalue weighted by molar-refractivity contribution is 6.34. The van der Waals surface area contributed by atoms with Gasteiger partial charge in [0, 0.05) is 37.1 Å². The van der Waals surface area contributed by atoms with Gasteiger partial charge in [0.15, 0.2) is 5.82 Å². The molecule has 3 fully saturated rings. The Hall–Kier alpha value is -3.08. The van der Waals surface area contributed by atoms with Gasteiger partial charge in [0.1, 0.15) is 48.5 Å². The predicted molar refractivity (Wildman–Crippen MR) is 150 cm³/mol. The van der Waals surface area contributed by atoms with Crippen LogP contribution in [0.25, 0.3) is 22.0 Å². The number of benzene rings is 2. The predicted octanol–water partition coefficient (Wildman–Crippen LogP) is 4.29. The lowest BCUT2D eigenvalue weighted by atomic mass is 10.0. The van der Waals surface area contributed by atoms with Crippen LogP contribution in [0.5, 0.6) is 5.75 Å². The molecule has 1 amide bonds. The number of nitrogens with one attached hydrogen (secondary N) is 1. The zero-order valence-corrected chi connectivity index (χ0v) is 23.1. The molecule has 3 aliphatic heterocycles. The maximum Gasteiger partial charge on any atom is 0.245 e. The van der Waals surface area contributed by atoms with E-state index in [-0.39, 0.29) is 33.6 Å². The van der Waals surface area contributed by atoms with E-state index in [0.29, 0.717) is 37.4 Å². The maximum absolute atomic E-state index is 15.7. The van der Waals surface area contributed by atoms with E-state index >= 15 is 4.39 Å². The summed E-state index contributed by atoms with van der Waals surface area (Å²) in [6.07, 6.45) is 7.59. The van der Waals surface area contributed by atoms with E-state index in [1.807, 2.05) is 9.80 Å². The molecule has 2 N–H and O–H groups in total. The zero-order chi connectivity index (χ0) is 27.9. The fourth-order valence-corrected chi connectivity index (χ4v) is 6.87. The summed E-state index contributed by atoms with van der Waals surface area (Å²) in [6, 6.07) is 5.11. The first-order valence-electron chi connectivity index (χ1n) is 14.1. The van der Waals surface area contributed by atoms with Crippen LogP contribution < -0.4 is 10.2 Å². The summed E-state index contributed by atoms with van der Waals surface area (Å²) in [5, 5.41) is 14.1. The minimum absolute atomic E-state index is 0.0111. The van der Waals surface area contributed by atoms with Crippen molar-refractivity contribution in [3.05, 3.63) is 47.2 Å². The summed E-state index contributed by atoms with van der Waals surface area (Å²) in [6.45, 7) is 6.11. The van der Waals surface area contributed by atoms with E-state index in [1.165, 1.54) is 56.6 Å². The molecular weight excluding hydrogens is 538 g/mol. The van der Waals surface area contributed by atoms with Crippen molar-refractivity contribution in [1.29, 1.82) is 0 Å². The van der Waals surface area contributed by atoms with Crippen LogP contribution in [0, 0.1) is 11.6 Å². The van der Waals surface area contributed by atoms with Crippen molar-refractivity contribution in [2.45, 2.75) is 38.1 Å². The van der Waals surface area contributed by atoms with E-state index < -0.39 is 17.4 Å². The maximum atomic E-state index is 15.7. The fourth-order valence-electron chi connectivity index (χ4n) is 6.58. The second-order valence-corrected chi connectivity index (χ2v) is 11.6. The number of hydrogen-bond acceptors (Lipinski definition) is 6. The third-order valence-electron chi connectivity index (χ3n) is 8.74. The van der Waals surface area contributed by atoms with Crippen LogP contribution in [0.15, 0.2) is 30.6 Å². The Labute approximate surface area is 237 Å². The second kappa shape index (κ2) is 11.1. The molecule has 1 spiro atoms. The Bertz CT molecular complexity index is 1400. The molecule has 3 saturated heterocycles. The molecule has 212 valence electrons. The number of fused-ring (bicyclic) bond motifs is 1. The van der Waals surface area contributed by atoms with E-state index in [4.69, 9.17) is 11.6 Å². The average Bonchev–Trinajstić information content (AvgIpc) is 3.37. The molecule has 4 heterocycles. The lowest BCUT2D eigenvalue weighted by Crippen LogP contribution is -2.54. The van der Waals surface area contributed by atoms with Crippen LogP contribution in [0.2, 0.25) is 5.02 Å². The van der Waals surface area contributed by atoms with Gasteiger partial charge in [-0.2, -0.15) is 0 Å². The second-order valence-electron chi connectivity index (χ2n) is 11.2. The summed E-state index contributed by atoms with van der Waals surface area (Å²) in [5.74, 6) is -1.37. The van der Waals surface area contributed by atoms with Gasteiger partial charge in [-0.1, -0.05) is 24.1 Å². The normalized spacial score (nSPS) is 21.5. The molecule has 2 aromatic carbocycles. The van der Waals surface area contributed by atoms with Crippen LogP contribution in [0.4, 0.5) is 14.6 Å². The quantitative estimate of drug-likeness (QED) is 0.457. The molecule has 3 aromatic rings. The topological polar surface area (TPSA) is 81.6 Å². The van der Waals surface area contributed by atoms with Gasteiger partial charge in [0.25, 0.3) is 0 Å². The van der Waals surface area contributed by atoms with Crippen molar-refractivity contribution in [3.63, 3.8) is 0 Å². The average molecular weight is 572 g/mol. The van der Waals surface area contributed by atoms with Crippen molar-refractivity contribution < 1.29 is 23.2 Å². The number of phenols is 1. The van der Waals surface area contributed by atoms with Gasteiger partial charge in [0.05, 0.1) is 23.7 Å². The van der Waals surface area contributed by atoms with E-state index in [1.54, 1.807) is 0 Å². The first-order chi connectivity index (χ1) is 19.4. The van der Waals surface area contributed by atoms with Crippen molar-refractivity contribution in [2.24, 2.45) is 0 Å². The monoisotopic (exact) mass is 571 g/mol. The summed E-state index contributed by atoms with van der Waals surface area (Å²) in [7, 11) is 0. The number of aromatic hydroxyl groups is 1. The highest BCUT2D eigenvalue weighted by atomic mass is 35.5. The highest BCUT2D eigenvalue weighted by Gasteiger charge is 2.42. The molecule has 3 aliphatic rings. The summed E-state index contributed by atoms with van der Waals surface area (Å²) in [4.78, 5) is 25.9. The molecule has 1 atom stereocenters. The first-order valence-corrected chi connectivity index (χ1v) is 14.5. The number of halogens is 3. The van der Waals surface area contributed by atoms with Crippen LogP contribution in [-0.4, -0.2) is 88.9 Å². The lowest BCUT2D eigenvalue weighted by Gasteiger charge is -2.37. The summed E-state index contributed by atoms with van der Waals surface area (Å²) in [5.41, 5.74) is -0.558. The third kappa shape index (κ3) is 4.97. The minimum Gasteiger partial charge on any atom is -0.507 e. The molecule has 40 heavy (non-hydrogen) atoms. The molecule has 0 bridgehead atoms. The van der Waals surface area contributed by atoms with Gasteiger partial charge < -0.3 is 19.4 Å². The van der Waals surface area contributed by atoms with Crippen molar-refractivity contribution in [1.82, 2.24) is 20.2 Å². The van der Waals surface area contributed by atoms with Gasteiger partial charge in [-0.15, -0.1) is 0 Å². The van der Waals surface area contributed by atoms with E-state index in [9.17, 15) is 14.3 Å². The van der Waals surface area contributed by atoms with Crippen LogP contribution in [0.1, 0.15) is 32.1 Å². The number of carbonyl (C=O) groups is 1. The molecule has 6 rings (SSSR count). The first kappa shape index (κ1) is 27.1. The number of amides is 1. The Balaban J connectivity index is 1.18. The van der Waals surface area contributed by atoms with E-state index in [2.05, 4.69) is 15.3 Å². The van der Waals surface area contributed by atoms with Crippen molar-refractivity contribution >= 4 is 34.2 Å². The molecular formula is C29H34ClF2N6O2+. The molecule has 0 aliphatic carbocycles. The molecule has 1 aromatic heterocycles. The van der Waals surface area contributed by atoms with Gasteiger partial charge in [-0.05, 0) is 43.9 Å². The molecule has 8 nitrogen and oxygen atoms in total. The standard InChI is InChI=1S/C29H33ClF2N6O2/c30-20-15-19-27(26(32)24(20)25-21(31)7-6-8-23(25)39)33-17-34-28(19)36-9-11-37(12-10-36)29(40)22-16-38(18-35-22)13-4-2-1-3-5-14-38/h6-8,15,17,22,35H,1-5,9-14,16,18H2/p+1. The summed E-state index contributed by atoms with van der Waals surface area (Å²) < 4.78 is 31.3. The van der Waals surface area contributed by atoms with Gasteiger partial charge >= 0.3 is 0 Å². The number of anilines is 1. The minimum atomic E-state index is -0.825. The van der Waals surface area contributed by atoms with Crippen molar-refractivity contribution in [3.8, 4) is 16.9 Å². The Morgan fingerprint density at radius 3 is 2.48 bits per heavy atom. The smallest absolute Gasteiger partial charge is 0.245 e. The third-order valence-corrected chi connectivity index (χ3v) is 9.04.